The molecule has 2 heterocycles. The number of rotatable bonds is 7. The monoisotopic (exact) mass is 454 g/mol. The van der Waals surface area contributed by atoms with E-state index in [1.54, 1.807) is 18.3 Å². The van der Waals surface area contributed by atoms with Gasteiger partial charge in [-0.3, -0.25) is 9.20 Å². The van der Waals surface area contributed by atoms with Crippen LogP contribution in [0.4, 0.5) is 5.69 Å². The second-order valence-corrected chi connectivity index (χ2v) is 9.79. The lowest BCUT2D eigenvalue weighted by atomic mass is 10.1. The minimum absolute atomic E-state index is 0.133. The second-order valence-electron chi connectivity index (χ2n) is 7.21. The van der Waals surface area contributed by atoms with Crippen molar-refractivity contribution in [3.63, 3.8) is 0 Å². The molecule has 2 aromatic heterocycles. The fraction of sp³-hybridized carbons (Fsp3) is 0.182. The molecule has 0 aliphatic rings. The summed E-state index contributed by atoms with van der Waals surface area (Å²) in [6.45, 7) is 3.71. The number of anilines is 1. The van der Waals surface area contributed by atoms with Crippen molar-refractivity contribution < 1.29 is 13.2 Å². The number of fused-ring (bicyclic) bond motifs is 1. The summed E-state index contributed by atoms with van der Waals surface area (Å²) in [5, 5.41) is 4.81. The Hall–Kier alpha value is -3.01. The molecular weight excluding hydrogens is 432 g/mol. The Balaban J connectivity index is 1.43. The van der Waals surface area contributed by atoms with Crippen LogP contribution in [0.1, 0.15) is 30.6 Å². The van der Waals surface area contributed by atoms with Crippen molar-refractivity contribution in [1.29, 1.82) is 0 Å². The lowest BCUT2D eigenvalue weighted by Crippen LogP contribution is -2.32. The van der Waals surface area contributed by atoms with E-state index in [9.17, 15) is 13.2 Å². The van der Waals surface area contributed by atoms with E-state index in [2.05, 4.69) is 15.0 Å². The van der Waals surface area contributed by atoms with Crippen molar-refractivity contribution in [2.45, 2.75) is 31.2 Å². The van der Waals surface area contributed by atoms with E-state index in [4.69, 9.17) is 0 Å². The summed E-state index contributed by atoms with van der Waals surface area (Å²) < 4.78 is 29.3. The maximum absolute atomic E-state index is 12.5. The molecule has 0 saturated heterocycles. The quantitative estimate of drug-likeness (QED) is 0.433. The maximum Gasteiger partial charge on any atom is 0.255 e. The van der Waals surface area contributed by atoms with E-state index in [0.717, 1.165) is 16.2 Å². The number of thiazole rings is 1. The fourth-order valence-electron chi connectivity index (χ4n) is 3.00. The van der Waals surface area contributed by atoms with Crippen molar-refractivity contribution in [3.05, 3.63) is 71.9 Å². The number of nitrogens with zero attached hydrogens (tertiary/aromatic N) is 2. The molecule has 1 atom stereocenters. The van der Waals surface area contributed by atoms with Gasteiger partial charge in [-0.15, -0.1) is 11.3 Å². The highest BCUT2D eigenvalue weighted by molar-refractivity contribution is 7.89. The Labute approximate surface area is 184 Å². The summed E-state index contributed by atoms with van der Waals surface area (Å²) in [6.07, 6.45) is 4.62. The van der Waals surface area contributed by atoms with Crippen molar-refractivity contribution >= 4 is 37.9 Å². The van der Waals surface area contributed by atoms with Crippen LogP contribution in [0.25, 0.3) is 16.2 Å². The Morgan fingerprint density at radius 3 is 2.48 bits per heavy atom. The van der Waals surface area contributed by atoms with Gasteiger partial charge in [0.15, 0.2) is 4.96 Å². The van der Waals surface area contributed by atoms with Crippen molar-refractivity contribution in [2.75, 3.05) is 5.32 Å². The van der Waals surface area contributed by atoms with Gasteiger partial charge in [0.2, 0.25) is 10.0 Å². The van der Waals surface area contributed by atoms with E-state index in [0.29, 0.717) is 17.7 Å². The highest BCUT2D eigenvalue weighted by Crippen LogP contribution is 2.23. The molecule has 0 saturated carbocycles. The van der Waals surface area contributed by atoms with Crippen molar-refractivity contribution in [3.8, 4) is 11.3 Å². The van der Waals surface area contributed by atoms with Crippen molar-refractivity contribution in [1.82, 2.24) is 14.1 Å². The molecule has 4 aromatic rings. The highest BCUT2D eigenvalue weighted by atomic mass is 32.2. The Bertz CT molecular complexity index is 1280. The molecule has 0 spiro atoms. The number of nitrogens with one attached hydrogen (secondary N) is 2. The first-order chi connectivity index (χ1) is 14.9. The normalized spacial score (nSPS) is 12.7. The predicted octanol–water partition coefficient (Wildman–Crippen LogP) is 4.39. The van der Waals surface area contributed by atoms with Crippen LogP contribution in [0.5, 0.6) is 0 Å². The number of carbonyl (C=O) groups is 1. The number of aromatic nitrogens is 2. The number of benzene rings is 2. The average Bonchev–Trinajstić information content (AvgIpc) is 3.36. The summed E-state index contributed by atoms with van der Waals surface area (Å²) in [7, 11) is -3.60. The summed E-state index contributed by atoms with van der Waals surface area (Å²) in [4.78, 5) is 18.2. The van der Waals surface area contributed by atoms with Gasteiger partial charge in [0.05, 0.1) is 10.6 Å². The third-order valence-corrected chi connectivity index (χ3v) is 7.30. The molecule has 0 bridgehead atoms. The molecular formula is C22H22N4O3S2. The lowest BCUT2D eigenvalue weighted by molar-refractivity contribution is 0.102. The molecule has 0 radical (unpaired) electrons. The Morgan fingerprint density at radius 2 is 1.84 bits per heavy atom. The van der Waals surface area contributed by atoms with Gasteiger partial charge >= 0.3 is 0 Å². The SMILES string of the molecule is CCC(C)NS(=O)(=O)c1ccc(C(=O)Nc2ccc(-c3cn4ccsc4n3)cc2)cc1. The van der Waals surface area contributed by atoms with Gasteiger partial charge in [-0.25, -0.2) is 18.1 Å². The van der Waals surface area contributed by atoms with E-state index in [1.165, 1.54) is 24.3 Å². The number of hydrogen-bond acceptors (Lipinski definition) is 5. The van der Waals surface area contributed by atoms with Crippen LogP contribution in [0.3, 0.4) is 0 Å². The molecule has 9 heteroatoms. The number of sulfonamides is 1. The van der Waals surface area contributed by atoms with Crippen LogP contribution in [0.15, 0.2) is 71.2 Å². The Kier molecular flexibility index (Phi) is 5.90. The molecule has 31 heavy (non-hydrogen) atoms. The van der Waals surface area contributed by atoms with Gasteiger partial charge in [-0.05, 0) is 49.7 Å². The maximum atomic E-state index is 12.5. The van der Waals surface area contributed by atoms with Crippen LogP contribution in [0.2, 0.25) is 0 Å². The lowest BCUT2D eigenvalue weighted by Gasteiger charge is -2.12. The molecule has 4 rings (SSSR count). The molecule has 2 aromatic carbocycles. The van der Waals surface area contributed by atoms with Crippen molar-refractivity contribution in [2.24, 2.45) is 0 Å². The minimum atomic E-state index is -3.60. The zero-order valence-electron chi connectivity index (χ0n) is 17.1. The number of carbonyl (C=O) groups excluding carboxylic acids is 1. The van der Waals surface area contributed by atoms with Gasteiger partial charge in [0, 0.05) is 40.6 Å². The minimum Gasteiger partial charge on any atom is -0.322 e. The molecule has 2 N–H and O–H groups in total. The van der Waals surface area contributed by atoms with Gasteiger partial charge in [0.25, 0.3) is 5.91 Å². The Morgan fingerprint density at radius 1 is 1.13 bits per heavy atom. The van der Waals surface area contributed by atoms with E-state index >= 15 is 0 Å². The standard InChI is InChI=1S/C22H22N4O3S2/c1-3-15(2)25-31(28,29)19-10-6-17(7-11-19)21(27)23-18-8-4-16(5-9-18)20-14-26-12-13-30-22(26)24-20/h4-15,25H,3H2,1-2H3,(H,23,27). The summed E-state index contributed by atoms with van der Waals surface area (Å²) in [5.41, 5.74) is 2.84. The number of imidazole rings is 1. The summed E-state index contributed by atoms with van der Waals surface area (Å²) in [6, 6.07) is 13.2. The van der Waals surface area contributed by atoms with Crippen LogP contribution >= 0.6 is 11.3 Å². The molecule has 160 valence electrons. The van der Waals surface area contributed by atoms with E-state index in [-0.39, 0.29) is 16.8 Å². The van der Waals surface area contributed by atoms with Gasteiger partial charge < -0.3 is 5.32 Å². The van der Waals surface area contributed by atoms with Crippen LogP contribution < -0.4 is 10.0 Å². The molecule has 0 aliphatic heterocycles. The third kappa shape index (κ3) is 4.68. The van der Waals surface area contributed by atoms with E-state index in [1.807, 2.05) is 53.4 Å². The smallest absolute Gasteiger partial charge is 0.255 e. The first kappa shape index (κ1) is 21.2. The largest absolute Gasteiger partial charge is 0.322 e. The van der Waals surface area contributed by atoms with Gasteiger partial charge in [-0.2, -0.15) is 0 Å². The molecule has 0 fully saturated rings. The topological polar surface area (TPSA) is 92.6 Å². The number of hydrogen-bond donors (Lipinski definition) is 2. The predicted molar refractivity (Wildman–Crippen MR) is 123 cm³/mol. The third-order valence-electron chi connectivity index (χ3n) is 4.93. The first-order valence-corrected chi connectivity index (χ1v) is 12.2. The van der Waals surface area contributed by atoms with Gasteiger partial charge in [0.1, 0.15) is 0 Å². The molecule has 1 amide bonds. The van der Waals surface area contributed by atoms with E-state index < -0.39 is 10.0 Å². The fourth-order valence-corrected chi connectivity index (χ4v) is 5.02. The van der Waals surface area contributed by atoms with Crippen LogP contribution in [-0.4, -0.2) is 29.8 Å². The summed E-state index contributed by atoms with van der Waals surface area (Å²) in [5.74, 6) is -0.311. The first-order valence-electron chi connectivity index (χ1n) is 9.82. The highest BCUT2D eigenvalue weighted by Gasteiger charge is 2.17. The van der Waals surface area contributed by atoms with Crippen LogP contribution in [-0.2, 0) is 10.0 Å². The number of amides is 1. The molecule has 1 unspecified atom stereocenters. The molecule has 0 aliphatic carbocycles. The molecule has 7 nitrogen and oxygen atoms in total. The van der Waals surface area contributed by atoms with Gasteiger partial charge in [-0.1, -0.05) is 19.1 Å². The zero-order valence-corrected chi connectivity index (χ0v) is 18.7. The summed E-state index contributed by atoms with van der Waals surface area (Å²) >= 11 is 1.57. The van der Waals surface area contributed by atoms with Crippen LogP contribution in [0, 0.1) is 0 Å². The average molecular weight is 455 g/mol. The zero-order chi connectivity index (χ0) is 22.0. The second kappa shape index (κ2) is 8.62.